The van der Waals surface area contributed by atoms with Crippen molar-refractivity contribution in [3.05, 3.63) is 23.3 Å². The van der Waals surface area contributed by atoms with E-state index in [4.69, 9.17) is 5.73 Å². The van der Waals surface area contributed by atoms with E-state index < -0.39 is 0 Å². The Kier molecular flexibility index (Phi) is 6.29. The Labute approximate surface area is 74.1 Å². The van der Waals surface area contributed by atoms with E-state index in [0.717, 1.165) is 24.7 Å². The molecule has 0 bridgehead atoms. The summed E-state index contributed by atoms with van der Waals surface area (Å²) < 4.78 is 0. The van der Waals surface area contributed by atoms with Gasteiger partial charge in [0, 0.05) is 6.54 Å². The molecule has 0 fully saturated rings. The van der Waals surface area contributed by atoms with Crippen LogP contribution in [0.15, 0.2) is 23.3 Å². The van der Waals surface area contributed by atoms with E-state index in [2.05, 4.69) is 6.08 Å². The Bertz CT molecular complexity index is 192. The second-order valence-corrected chi connectivity index (χ2v) is 2.94. The van der Waals surface area contributed by atoms with E-state index >= 15 is 0 Å². The molecule has 2 nitrogen and oxygen atoms in total. The van der Waals surface area contributed by atoms with Gasteiger partial charge in [-0.3, -0.25) is 4.79 Å². The fourth-order valence-electron chi connectivity index (χ4n) is 0.829. The van der Waals surface area contributed by atoms with Crippen LogP contribution in [0.2, 0.25) is 0 Å². The number of allylic oxidation sites excluding steroid dienone is 3. The molecule has 12 heavy (non-hydrogen) atoms. The van der Waals surface area contributed by atoms with Crippen LogP contribution in [-0.2, 0) is 4.79 Å². The predicted molar refractivity (Wildman–Crippen MR) is 51.9 cm³/mol. The third-order valence-electron chi connectivity index (χ3n) is 1.71. The Morgan fingerprint density at radius 1 is 1.33 bits per heavy atom. The zero-order valence-corrected chi connectivity index (χ0v) is 7.84. The largest absolute Gasteiger partial charge is 0.327 e. The van der Waals surface area contributed by atoms with Crippen LogP contribution in [0, 0.1) is 0 Å². The van der Waals surface area contributed by atoms with Gasteiger partial charge in [-0.2, -0.15) is 0 Å². The van der Waals surface area contributed by atoms with Gasteiger partial charge >= 0.3 is 0 Å². The molecule has 0 atom stereocenters. The summed E-state index contributed by atoms with van der Waals surface area (Å²) in [5, 5.41) is 0. The van der Waals surface area contributed by atoms with Crippen molar-refractivity contribution in [3.8, 4) is 0 Å². The lowest BCUT2D eigenvalue weighted by molar-refractivity contribution is -0.104. The molecule has 0 rings (SSSR count). The fraction of sp³-hybridized carbons (Fsp3) is 0.500. The highest BCUT2D eigenvalue weighted by atomic mass is 16.1. The zero-order valence-electron chi connectivity index (χ0n) is 7.84. The molecule has 0 spiro atoms. The van der Waals surface area contributed by atoms with E-state index in [1.165, 1.54) is 5.57 Å². The molecule has 0 unspecified atom stereocenters. The highest BCUT2D eigenvalue weighted by Crippen LogP contribution is 2.04. The molecule has 0 aliphatic carbocycles. The maximum Gasteiger partial charge on any atom is 0.142 e. The summed E-state index contributed by atoms with van der Waals surface area (Å²) in [6.45, 7) is 4.59. The lowest BCUT2D eigenvalue weighted by atomic mass is 10.1. The Morgan fingerprint density at radius 2 is 2.00 bits per heavy atom. The van der Waals surface area contributed by atoms with Crippen LogP contribution >= 0.6 is 0 Å². The van der Waals surface area contributed by atoms with Gasteiger partial charge in [-0.15, -0.1) is 0 Å². The smallest absolute Gasteiger partial charge is 0.142 e. The Hall–Kier alpha value is -0.890. The molecule has 0 aromatic heterocycles. The van der Waals surface area contributed by atoms with Crippen LogP contribution in [0.3, 0.4) is 0 Å². The van der Waals surface area contributed by atoms with Gasteiger partial charge in [-0.1, -0.05) is 17.2 Å². The molecule has 0 aliphatic rings. The lowest BCUT2D eigenvalue weighted by Gasteiger charge is -1.97. The van der Waals surface area contributed by atoms with Gasteiger partial charge in [0.05, 0.1) is 0 Å². The molecule has 0 heterocycles. The minimum Gasteiger partial charge on any atom is -0.327 e. The number of carbonyl (C=O) groups is 1. The van der Waals surface area contributed by atoms with Crippen molar-refractivity contribution in [2.75, 3.05) is 6.54 Å². The monoisotopic (exact) mass is 167 g/mol. The first-order valence-corrected chi connectivity index (χ1v) is 4.17. The molecule has 0 aliphatic heterocycles. The summed E-state index contributed by atoms with van der Waals surface area (Å²) in [5.74, 6) is 0. The number of carbonyl (C=O) groups excluding carboxylic acids is 1. The standard InChI is InChI=1S/C10H17NO/c1-9(6-7-12)4-3-5-10(2)8-11/h5-7H,3-4,8,11H2,1-2H3. The molecular formula is C10H17NO. The van der Waals surface area contributed by atoms with Crippen molar-refractivity contribution < 1.29 is 4.79 Å². The predicted octanol–water partition coefficient (Wildman–Crippen LogP) is 1.82. The maximum absolute atomic E-state index is 10.1. The molecule has 0 amide bonds. The van der Waals surface area contributed by atoms with E-state index in [9.17, 15) is 4.79 Å². The van der Waals surface area contributed by atoms with Crippen LogP contribution in [0.4, 0.5) is 0 Å². The summed E-state index contributed by atoms with van der Waals surface area (Å²) in [6, 6.07) is 0. The first-order valence-electron chi connectivity index (χ1n) is 4.17. The van der Waals surface area contributed by atoms with Gasteiger partial charge < -0.3 is 5.73 Å². The third kappa shape index (κ3) is 5.86. The molecule has 68 valence electrons. The number of rotatable bonds is 5. The lowest BCUT2D eigenvalue weighted by Crippen LogP contribution is -1.99. The molecule has 0 saturated heterocycles. The van der Waals surface area contributed by atoms with Crippen molar-refractivity contribution in [1.82, 2.24) is 0 Å². The normalized spacial score (nSPS) is 13.2. The van der Waals surface area contributed by atoms with Gasteiger partial charge in [0.1, 0.15) is 6.29 Å². The van der Waals surface area contributed by atoms with E-state index in [-0.39, 0.29) is 0 Å². The molecule has 0 saturated carbocycles. The average molecular weight is 167 g/mol. The van der Waals surface area contributed by atoms with Crippen LogP contribution in [0.25, 0.3) is 0 Å². The second-order valence-electron chi connectivity index (χ2n) is 2.94. The number of hydrogen-bond acceptors (Lipinski definition) is 2. The summed E-state index contributed by atoms with van der Waals surface area (Å²) in [6.07, 6.45) is 6.46. The van der Waals surface area contributed by atoms with E-state index in [1.807, 2.05) is 13.8 Å². The van der Waals surface area contributed by atoms with Crippen LogP contribution in [-0.4, -0.2) is 12.8 Å². The van der Waals surface area contributed by atoms with Crippen molar-refractivity contribution in [1.29, 1.82) is 0 Å². The summed E-state index contributed by atoms with van der Waals surface area (Å²) in [7, 11) is 0. The highest BCUT2D eigenvalue weighted by Gasteiger charge is 1.88. The molecule has 0 aromatic rings. The molecule has 2 heteroatoms. The fourth-order valence-corrected chi connectivity index (χ4v) is 0.829. The number of hydrogen-bond donors (Lipinski definition) is 1. The van der Waals surface area contributed by atoms with E-state index in [1.54, 1.807) is 6.08 Å². The van der Waals surface area contributed by atoms with Crippen molar-refractivity contribution >= 4 is 6.29 Å². The van der Waals surface area contributed by atoms with E-state index in [0.29, 0.717) is 6.54 Å². The quantitative estimate of drug-likeness (QED) is 0.385. The van der Waals surface area contributed by atoms with Crippen molar-refractivity contribution in [3.63, 3.8) is 0 Å². The first-order chi connectivity index (χ1) is 5.70. The van der Waals surface area contributed by atoms with Gasteiger partial charge in [0.15, 0.2) is 0 Å². The van der Waals surface area contributed by atoms with Gasteiger partial charge in [0.2, 0.25) is 0 Å². The molecule has 2 N–H and O–H groups in total. The minimum atomic E-state index is 0.621. The summed E-state index contributed by atoms with van der Waals surface area (Å²) in [5.41, 5.74) is 7.73. The SMILES string of the molecule is CC(=CCCC(C)=CC=O)CN. The van der Waals surface area contributed by atoms with Crippen molar-refractivity contribution in [2.45, 2.75) is 26.7 Å². The van der Waals surface area contributed by atoms with Crippen LogP contribution in [0.1, 0.15) is 26.7 Å². The minimum absolute atomic E-state index is 0.621. The summed E-state index contributed by atoms with van der Waals surface area (Å²) >= 11 is 0. The maximum atomic E-state index is 10.1. The van der Waals surface area contributed by atoms with Crippen molar-refractivity contribution in [2.24, 2.45) is 5.73 Å². The Balaban J connectivity index is 3.69. The first kappa shape index (κ1) is 11.1. The molecular weight excluding hydrogens is 150 g/mol. The summed E-state index contributed by atoms with van der Waals surface area (Å²) in [4.78, 5) is 10.1. The van der Waals surface area contributed by atoms with Crippen LogP contribution in [0.5, 0.6) is 0 Å². The highest BCUT2D eigenvalue weighted by molar-refractivity contribution is 5.65. The van der Waals surface area contributed by atoms with Crippen LogP contribution < -0.4 is 5.73 Å². The number of nitrogens with two attached hydrogens (primary N) is 1. The van der Waals surface area contributed by atoms with Gasteiger partial charge in [-0.05, 0) is 32.8 Å². The zero-order chi connectivity index (χ0) is 9.40. The van der Waals surface area contributed by atoms with Gasteiger partial charge in [-0.25, -0.2) is 0 Å². The molecule has 0 aromatic carbocycles. The average Bonchev–Trinajstić information content (AvgIpc) is 2.04. The Morgan fingerprint density at radius 3 is 2.50 bits per heavy atom. The topological polar surface area (TPSA) is 43.1 Å². The number of aldehydes is 1. The van der Waals surface area contributed by atoms with Gasteiger partial charge in [0.25, 0.3) is 0 Å². The third-order valence-corrected chi connectivity index (χ3v) is 1.71. The second kappa shape index (κ2) is 6.80. The molecule has 0 radical (unpaired) electrons.